The molecule has 3 heterocycles. The van der Waals surface area contributed by atoms with E-state index in [1.54, 1.807) is 11.3 Å². The molecule has 1 amide bonds. The first kappa shape index (κ1) is 18.4. The highest BCUT2D eigenvalue weighted by atomic mass is 35.5. The summed E-state index contributed by atoms with van der Waals surface area (Å²) in [5.41, 5.74) is 0. The minimum atomic E-state index is 0. The third-order valence-electron chi connectivity index (χ3n) is 3.10. The Kier molecular flexibility index (Phi) is 6.68. The highest BCUT2D eigenvalue weighted by molar-refractivity contribution is 7.29. The molecule has 0 aliphatic carbocycles. The van der Waals surface area contributed by atoms with Gasteiger partial charge in [-0.15, -0.1) is 36.2 Å². The third-order valence-corrected chi connectivity index (χ3v) is 5.43. The van der Waals surface area contributed by atoms with Gasteiger partial charge in [0.25, 0.3) is 5.91 Å². The predicted molar refractivity (Wildman–Crippen MR) is 95.0 cm³/mol. The van der Waals surface area contributed by atoms with E-state index in [2.05, 4.69) is 15.6 Å². The molecule has 21 heavy (non-hydrogen) atoms. The van der Waals surface area contributed by atoms with Gasteiger partial charge in [-0.1, -0.05) is 11.3 Å². The van der Waals surface area contributed by atoms with Crippen molar-refractivity contribution in [3.05, 3.63) is 10.9 Å². The van der Waals surface area contributed by atoms with E-state index in [1.165, 1.54) is 11.3 Å². The molecular formula is C12H18Cl2N4OS2. The first-order valence-electron chi connectivity index (χ1n) is 6.20. The molecule has 2 aromatic heterocycles. The predicted octanol–water partition coefficient (Wildman–Crippen LogP) is 2.22. The molecule has 1 fully saturated rings. The third kappa shape index (κ3) is 3.98. The van der Waals surface area contributed by atoms with Crippen LogP contribution >= 0.6 is 47.5 Å². The Morgan fingerprint density at radius 3 is 2.67 bits per heavy atom. The molecule has 0 radical (unpaired) electrons. The molecule has 2 aromatic rings. The number of amides is 1. The van der Waals surface area contributed by atoms with Crippen molar-refractivity contribution in [1.82, 2.24) is 15.6 Å². The van der Waals surface area contributed by atoms with E-state index in [0.717, 1.165) is 39.2 Å². The van der Waals surface area contributed by atoms with Gasteiger partial charge in [-0.25, -0.2) is 4.98 Å². The van der Waals surface area contributed by atoms with Crippen LogP contribution in [0.5, 0.6) is 0 Å². The number of nitrogens with zero attached hydrogens (tertiary/aromatic N) is 2. The van der Waals surface area contributed by atoms with Crippen LogP contribution in [-0.2, 0) is 0 Å². The zero-order valence-electron chi connectivity index (χ0n) is 11.7. The monoisotopic (exact) mass is 368 g/mol. The van der Waals surface area contributed by atoms with Crippen molar-refractivity contribution in [1.29, 1.82) is 0 Å². The van der Waals surface area contributed by atoms with Gasteiger partial charge in [-0.2, -0.15) is 0 Å². The number of fused-ring (bicyclic) bond motifs is 1. The molecule has 0 atom stereocenters. The van der Waals surface area contributed by atoms with Gasteiger partial charge in [0.2, 0.25) is 0 Å². The van der Waals surface area contributed by atoms with Gasteiger partial charge in [0.05, 0.1) is 9.58 Å². The van der Waals surface area contributed by atoms with Crippen LogP contribution < -0.4 is 15.5 Å². The smallest absolute Gasteiger partial charge is 0.261 e. The van der Waals surface area contributed by atoms with Gasteiger partial charge in [0.15, 0.2) is 5.13 Å². The first-order chi connectivity index (χ1) is 9.13. The van der Waals surface area contributed by atoms with Crippen molar-refractivity contribution in [3.8, 4) is 0 Å². The van der Waals surface area contributed by atoms with Gasteiger partial charge in [-0.3, -0.25) is 4.79 Å². The first-order valence-corrected chi connectivity index (χ1v) is 7.83. The molecule has 0 aromatic carbocycles. The molecule has 1 saturated heterocycles. The van der Waals surface area contributed by atoms with Crippen molar-refractivity contribution in [2.24, 2.45) is 5.92 Å². The zero-order chi connectivity index (χ0) is 13.4. The summed E-state index contributed by atoms with van der Waals surface area (Å²) in [4.78, 5) is 20.2. The molecule has 1 aliphatic heterocycles. The van der Waals surface area contributed by atoms with Crippen LogP contribution in [0.4, 0.5) is 5.13 Å². The van der Waals surface area contributed by atoms with Crippen molar-refractivity contribution in [2.75, 3.05) is 38.6 Å². The van der Waals surface area contributed by atoms with E-state index in [-0.39, 0.29) is 30.7 Å². The largest absolute Gasteiger partial charge is 0.354 e. The minimum absolute atomic E-state index is 0. The summed E-state index contributed by atoms with van der Waals surface area (Å²) in [5, 5.41) is 7.16. The average Bonchev–Trinajstić information content (AvgIpc) is 2.83. The summed E-state index contributed by atoms with van der Waals surface area (Å²) >= 11 is 3.08. The molecule has 118 valence electrons. The minimum Gasteiger partial charge on any atom is -0.354 e. The molecule has 5 nitrogen and oxygen atoms in total. The van der Waals surface area contributed by atoms with Gasteiger partial charge >= 0.3 is 0 Å². The second kappa shape index (κ2) is 7.60. The number of halogens is 2. The molecule has 1 aliphatic rings. The molecular weight excluding hydrogens is 351 g/mol. The fourth-order valence-electron chi connectivity index (χ4n) is 1.84. The second-order valence-corrected chi connectivity index (χ2v) is 6.94. The number of anilines is 1. The summed E-state index contributed by atoms with van der Waals surface area (Å²) in [6.45, 7) is 2.77. The van der Waals surface area contributed by atoms with Crippen molar-refractivity contribution in [2.45, 2.75) is 0 Å². The van der Waals surface area contributed by atoms with Gasteiger partial charge in [0, 0.05) is 39.6 Å². The van der Waals surface area contributed by atoms with Crippen LogP contribution in [-0.4, -0.2) is 44.6 Å². The SMILES string of the molecule is CN(C)c1nc2sc(C(=O)NCC3CNC3)cc2s1.Cl.Cl. The number of hydrogen-bond donors (Lipinski definition) is 2. The second-order valence-electron chi connectivity index (χ2n) is 4.91. The van der Waals surface area contributed by atoms with Gasteiger partial charge in [-0.05, 0) is 6.07 Å². The Balaban J connectivity index is 0.00000110. The van der Waals surface area contributed by atoms with Crippen molar-refractivity contribution in [3.63, 3.8) is 0 Å². The molecule has 0 spiro atoms. The molecule has 2 N–H and O–H groups in total. The summed E-state index contributed by atoms with van der Waals surface area (Å²) in [7, 11) is 3.95. The van der Waals surface area contributed by atoms with Crippen molar-refractivity contribution < 1.29 is 4.79 Å². The van der Waals surface area contributed by atoms with Crippen LogP contribution in [0.15, 0.2) is 6.07 Å². The lowest BCUT2D eigenvalue weighted by Crippen LogP contribution is -2.48. The van der Waals surface area contributed by atoms with Gasteiger partial charge < -0.3 is 15.5 Å². The lowest BCUT2D eigenvalue weighted by molar-refractivity contribution is 0.0946. The highest BCUT2D eigenvalue weighted by Gasteiger charge is 2.19. The van der Waals surface area contributed by atoms with Crippen LogP contribution in [0.3, 0.4) is 0 Å². The lowest BCUT2D eigenvalue weighted by atomic mass is 10.0. The number of hydrogen-bond acceptors (Lipinski definition) is 6. The van der Waals surface area contributed by atoms with Gasteiger partial charge in [0.1, 0.15) is 4.83 Å². The summed E-state index contributed by atoms with van der Waals surface area (Å²) < 4.78 is 1.09. The van der Waals surface area contributed by atoms with E-state index in [1.807, 2.05) is 25.1 Å². The number of thiazole rings is 1. The Morgan fingerprint density at radius 1 is 1.43 bits per heavy atom. The van der Waals surface area contributed by atoms with Crippen LogP contribution in [0.25, 0.3) is 9.53 Å². The standard InChI is InChI=1S/C12H16N4OS2.2ClH/c1-16(2)12-15-11-9(19-12)3-8(18-11)10(17)14-6-7-4-13-5-7;;/h3,7,13H,4-6H2,1-2H3,(H,14,17);2*1H. The number of carbonyl (C=O) groups excluding carboxylic acids is 1. The van der Waals surface area contributed by atoms with E-state index in [4.69, 9.17) is 0 Å². The molecule has 9 heteroatoms. The van der Waals surface area contributed by atoms with E-state index < -0.39 is 0 Å². The summed E-state index contributed by atoms with van der Waals surface area (Å²) in [6, 6.07) is 1.94. The van der Waals surface area contributed by atoms with Crippen LogP contribution in [0.2, 0.25) is 0 Å². The Bertz CT molecular complexity index is 578. The fraction of sp³-hybridized carbons (Fsp3) is 0.500. The maximum Gasteiger partial charge on any atom is 0.261 e. The normalized spacial score (nSPS) is 14.0. The lowest BCUT2D eigenvalue weighted by Gasteiger charge is -2.26. The number of carbonyl (C=O) groups is 1. The topological polar surface area (TPSA) is 57.3 Å². The Hall–Kier alpha value is -0.600. The maximum atomic E-state index is 12.0. The Morgan fingerprint density at radius 2 is 2.14 bits per heavy atom. The highest BCUT2D eigenvalue weighted by Crippen LogP contribution is 2.33. The summed E-state index contributed by atoms with van der Waals surface area (Å²) in [5.74, 6) is 0.608. The summed E-state index contributed by atoms with van der Waals surface area (Å²) in [6.07, 6.45) is 0. The fourth-order valence-corrected chi connectivity index (χ4v) is 3.89. The van der Waals surface area contributed by atoms with Crippen LogP contribution in [0, 0.1) is 5.92 Å². The van der Waals surface area contributed by atoms with Crippen molar-refractivity contribution >= 4 is 68.1 Å². The molecule has 0 unspecified atom stereocenters. The number of rotatable bonds is 4. The molecule has 0 saturated carbocycles. The van der Waals surface area contributed by atoms with E-state index in [0.29, 0.717) is 5.92 Å². The van der Waals surface area contributed by atoms with Crippen LogP contribution in [0.1, 0.15) is 9.67 Å². The zero-order valence-corrected chi connectivity index (χ0v) is 15.0. The molecule has 3 rings (SSSR count). The van der Waals surface area contributed by atoms with E-state index in [9.17, 15) is 4.79 Å². The number of aromatic nitrogens is 1. The quantitative estimate of drug-likeness (QED) is 0.868. The average molecular weight is 369 g/mol. The number of nitrogens with one attached hydrogen (secondary N) is 2. The molecule has 0 bridgehead atoms. The maximum absolute atomic E-state index is 12.0. The number of thiophene rings is 1. The Labute approximate surface area is 143 Å². The van der Waals surface area contributed by atoms with E-state index >= 15 is 0 Å².